The standard InChI is InChI=1S/C72H83Cl2N9O28/c1-24(2)13-36(77-6)63(96)82-51-54(90)28-8-11-40(34(73)15-28)106-42-17-30-18-43(60(42)110-71-61(57(93)55(91)44(23-84)108-71)111-70-58(94)56(92)53(89)25(3)105-70)107-41-12-9-29(16-35(41)74)59(109-46-22-72(5,76)62(95)26(4)104-46)52-68(101)81-50(69(102)103)33-19-31(85)20-39(87)47(33)32-14-27(7-10-38(32)86)48(65(98)83-52)80-66(99)49(30)79-64(97)37(21-45(75)88)78-67(51)100/h7-12,14-20,24-26,36-37,44,46,48-59,61,70-71,77,84-87,89-94H,13,21-23,76H2,1-6H3,(H2,75,88)(H,78,100)(H,79,97)(H,80,99)(H,81,101)(H,82,96)(H,83,98)(H,102,103)/t25-,26-,36+,37?,44+,46-,48+,49+,50-,51+,52-,53-,54+,55+,56+,57-,58+,59+,61+,70-,71-,72-/m0/s1. The van der Waals surface area contributed by atoms with Gasteiger partial charge in [0.1, 0.15) is 114 Å². The molecule has 0 aromatic heterocycles. The van der Waals surface area contributed by atoms with Crippen LogP contribution in [0.4, 0.5) is 0 Å². The van der Waals surface area contributed by atoms with Crippen LogP contribution < -0.4 is 62.9 Å². The number of aliphatic hydroxyl groups excluding tert-OH is 7. The molecule has 13 rings (SSSR count). The van der Waals surface area contributed by atoms with Crippen molar-refractivity contribution in [3.05, 3.63) is 117 Å². The van der Waals surface area contributed by atoms with Gasteiger partial charge in [0.2, 0.25) is 53.4 Å². The summed E-state index contributed by atoms with van der Waals surface area (Å²) in [5.41, 5.74) is 7.58. The number of carboxylic acids is 1. The predicted octanol–water partition coefficient (Wildman–Crippen LogP) is -0.834. The third-order valence-electron chi connectivity index (χ3n) is 19.6. The number of carbonyl (C=O) groups is 9. The Bertz CT molecular complexity index is 4460. The Balaban J connectivity index is 1.19. The first-order valence-electron chi connectivity index (χ1n) is 34.9. The van der Waals surface area contributed by atoms with Gasteiger partial charge in [0.25, 0.3) is 0 Å². The quantitative estimate of drug-likeness (QED) is 0.0608. The highest BCUT2D eigenvalue weighted by molar-refractivity contribution is 6.32. The minimum Gasteiger partial charge on any atom is -0.508 e. The number of halogens is 2. The van der Waals surface area contributed by atoms with Crippen molar-refractivity contribution in [1.82, 2.24) is 37.2 Å². The number of ketones is 1. The summed E-state index contributed by atoms with van der Waals surface area (Å²) >= 11 is 14.4. The van der Waals surface area contributed by atoms with Crippen LogP contribution in [0.15, 0.2) is 78.9 Å². The third-order valence-corrected chi connectivity index (χ3v) is 20.2. The van der Waals surface area contributed by atoms with Crippen molar-refractivity contribution in [3.8, 4) is 57.1 Å². The Labute approximate surface area is 640 Å². The zero-order valence-electron chi connectivity index (χ0n) is 59.8. The van der Waals surface area contributed by atoms with E-state index in [1.807, 2.05) is 0 Å². The van der Waals surface area contributed by atoms with Gasteiger partial charge in [-0.3, -0.25) is 38.4 Å². The zero-order valence-corrected chi connectivity index (χ0v) is 61.3. The van der Waals surface area contributed by atoms with E-state index in [4.69, 9.17) is 72.6 Å². The molecule has 0 aliphatic carbocycles. The van der Waals surface area contributed by atoms with Crippen LogP contribution in [0.3, 0.4) is 0 Å². The van der Waals surface area contributed by atoms with Crippen LogP contribution in [0.5, 0.6) is 46.0 Å². The van der Waals surface area contributed by atoms with Crippen molar-refractivity contribution in [2.45, 2.75) is 188 Å². The number of carboxylic acid groups (broad SMARTS) is 1. The molecule has 22 atom stereocenters. The van der Waals surface area contributed by atoms with Crippen molar-refractivity contribution in [2.24, 2.45) is 17.4 Å². The number of nitrogens with two attached hydrogens (primary N) is 2. The molecule has 8 aliphatic heterocycles. The SMILES string of the molecule is CN[C@H](CC(C)C)C(=O)N[C@H]1C(=O)NC(CC(N)=O)C(=O)N[C@H]2C(=O)N[C@H]3C(=O)N[C@H](C(=O)N[C@H](C(=O)O)c4cc(O)cc(O)c4-c4cc3ccc4O)[C@H](O[C@H]3C[C@](C)(N)C(=O)[C@H](C)O3)c3ccc(c(Cl)c3)Oc3cc2cc(c3O[C@@H]2O[C@H](CO)[C@@H](O)[C@H](O)[C@H]2O[C@@H]2O[C@@H](C)[C@H](O)[C@@H](O)[C@H]2O)Oc2ccc(cc2Cl)[C@H]1O. The van der Waals surface area contributed by atoms with Crippen LogP contribution in [0.25, 0.3) is 11.1 Å². The van der Waals surface area contributed by atoms with E-state index in [1.54, 1.807) is 13.8 Å². The zero-order chi connectivity index (χ0) is 80.8. The number of likely N-dealkylation sites (N-methyl/N-ethyl adjacent to an activating group) is 1. The minimum atomic E-state index is -2.43. The van der Waals surface area contributed by atoms with Gasteiger partial charge in [0, 0.05) is 29.2 Å². The lowest BCUT2D eigenvalue weighted by Crippen LogP contribution is -2.64. The molecule has 111 heavy (non-hydrogen) atoms. The average molecular weight is 1590 g/mol. The second-order valence-corrected chi connectivity index (χ2v) is 29.1. The number of benzene rings is 5. The highest BCUT2D eigenvalue weighted by atomic mass is 35.5. The monoisotopic (exact) mass is 1590 g/mol. The molecule has 22 N–H and O–H groups in total. The lowest BCUT2D eigenvalue weighted by molar-refractivity contribution is -0.354. The highest BCUT2D eigenvalue weighted by Crippen LogP contribution is 2.50. The molecular formula is C72H83Cl2N9O28. The number of carbonyl (C=O) groups excluding carboxylic acids is 8. The van der Waals surface area contributed by atoms with Gasteiger partial charge < -0.3 is 143 Å². The van der Waals surface area contributed by atoms with Crippen molar-refractivity contribution in [3.63, 3.8) is 0 Å². The maximum absolute atomic E-state index is 16.3. The number of hydrogen-bond donors (Lipinski definition) is 20. The van der Waals surface area contributed by atoms with Crippen molar-refractivity contribution in [2.75, 3.05) is 13.7 Å². The molecule has 37 nitrogen and oxygen atoms in total. The summed E-state index contributed by atoms with van der Waals surface area (Å²) in [5.74, 6) is -17.4. The van der Waals surface area contributed by atoms with Crippen molar-refractivity contribution >= 4 is 76.3 Å². The summed E-state index contributed by atoms with van der Waals surface area (Å²) in [6, 6.07) is -1.20. The summed E-state index contributed by atoms with van der Waals surface area (Å²) in [4.78, 5) is 133. The smallest absolute Gasteiger partial charge is 0.330 e. The van der Waals surface area contributed by atoms with Gasteiger partial charge in [-0.05, 0) is 117 Å². The first-order valence-corrected chi connectivity index (χ1v) is 35.6. The molecule has 0 radical (unpaired) electrons. The van der Waals surface area contributed by atoms with Gasteiger partial charge in [-0.1, -0.05) is 55.2 Å². The number of hydrogen-bond acceptors (Lipinski definition) is 29. The molecule has 7 amide bonds. The molecule has 0 saturated carbocycles. The molecule has 8 heterocycles. The van der Waals surface area contributed by atoms with Gasteiger partial charge in [-0.25, -0.2) is 4.79 Å². The largest absolute Gasteiger partial charge is 0.508 e. The Morgan fingerprint density at radius 1 is 0.667 bits per heavy atom. The molecule has 3 saturated heterocycles. The second-order valence-electron chi connectivity index (χ2n) is 28.3. The van der Waals surface area contributed by atoms with Crippen molar-refractivity contribution in [1.29, 1.82) is 0 Å². The lowest BCUT2D eigenvalue weighted by atomic mass is 9.88. The molecule has 598 valence electrons. The van der Waals surface area contributed by atoms with E-state index >= 15 is 19.2 Å². The molecule has 0 spiro atoms. The predicted molar refractivity (Wildman–Crippen MR) is 380 cm³/mol. The topological polar surface area (TPSA) is 586 Å². The first-order chi connectivity index (χ1) is 52.4. The molecule has 11 bridgehead atoms. The number of nitrogens with one attached hydrogen (secondary N) is 7. The Kier molecular flexibility index (Phi) is 24.7. The average Bonchev–Trinajstić information content (AvgIpc) is 0.784. The van der Waals surface area contributed by atoms with Gasteiger partial charge in [0.15, 0.2) is 42.0 Å². The van der Waals surface area contributed by atoms with E-state index < -0.39 is 290 Å². The van der Waals surface area contributed by atoms with Crippen LogP contribution in [-0.4, -0.2) is 226 Å². The van der Waals surface area contributed by atoms with Gasteiger partial charge in [-0.2, -0.15) is 0 Å². The molecular weight excluding hydrogens is 1510 g/mol. The molecule has 5 aromatic rings. The molecule has 5 aromatic carbocycles. The number of aliphatic carboxylic acids is 1. The fourth-order valence-corrected chi connectivity index (χ4v) is 14.2. The number of amides is 7. The number of aromatic hydroxyl groups is 3. The summed E-state index contributed by atoms with van der Waals surface area (Å²) in [6.45, 7) is 6.55. The molecule has 1 unspecified atom stereocenters. The number of fused-ring (bicyclic) bond motifs is 15. The van der Waals surface area contributed by atoms with Crippen LogP contribution in [0, 0.1) is 5.92 Å². The van der Waals surface area contributed by atoms with Gasteiger partial charge in [-0.15, -0.1) is 0 Å². The number of phenols is 3. The van der Waals surface area contributed by atoms with E-state index in [-0.39, 0.29) is 23.5 Å². The van der Waals surface area contributed by atoms with Gasteiger partial charge >= 0.3 is 5.97 Å². The second kappa shape index (κ2) is 33.3. The number of phenolic OH excluding ortho intramolecular Hbond substituents is 3. The van der Waals surface area contributed by atoms with E-state index in [0.717, 1.165) is 66.7 Å². The summed E-state index contributed by atoms with van der Waals surface area (Å²) in [7, 11) is 1.46. The van der Waals surface area contributed by atoms with Crippen molar-refractivity contribution < 1.29 is 137 Å². The first kappa shape index (κ1) is 82.3. The number of primary amides is 1. The van der Waals surface area contributed by atoms with E-state index in [0.29, 0.717) is 0 Å². The maximum Gasteiger partial charge on any atom is 0.330 e. The fraction of sp³-hybridized carbons (Fsp3) is 0.458. The molecule has 3 fully saturated rings. The summed E-state index contributed by atoms with van der Waals surface area (Å²) in [5, 5.41) is 141. The van der Waals surface area contributed by atoms with Gasteiger partial charge in [0.05, 0.1) is 40.8 Å². The van der Waals surface area contributed by atoms with E-state index in [2.05, 4.69) is 37.2 Å². The molecule has 39 heteroatoms. The minimum absolute atomic E-state index is 0.126. The Hall–Kier alpha value is -9.65. The number of aliphatic hydroxyl groups is 7. The highest BCUT2D eigenvalue weighted by Gasteiger charge is 2.53. The Morgan fingerprint density at radius 2 is 1.29 bits per heavy atom. The van der Waals surface area contributed by atoms with E-state index in [1.165, 1.54) is 40.0 Å². The maximum atomic E-state index is 16.3. The van der Waals surface area contributed by atoms with Crippen LogP contribution in [0.1, 0.15) is 112 Å². The number of rotatable bonds is 15. The van der Waals surface area contributed by atoms with Crippen LogP contribution in [-0.2, 0) is 66.8 Å². The summed E-state index contributed by atoms with van der Waals surface area (Å²) < 4.78 is 50.6. The normalized spacial score (nSPS) is 31.4. The lowest BCUT2D eigenvalue weighted by Gasteiger charge is -2.45. The van der Waals surface area contributed by atoms with Crippen LogP contribution in [0.2, 0.25) is 10.0 Å². The van der Waals surface area contributed by atoms with Crippen LogP contribution >= 0.6 is 23.2 Å². The summed E-state index contributed by atoms with van der Waals surface area (Å²) in [6.07, 6.45) is -27.9. The number of Topliss-reactive ketones (excluding diaryl/α,β-unsaturated/α-hetero) is 1. The third kappa shape index (κ3) is 17.4. The fourth-order valence-electron chi connectivity index (χ4n) is 13.8. The Morgan fingerprint density at radius 3 is 1.90 bits per heavy atom. The van der Waals surface area contributed by atoms with E-state index in [9.17, 15) is 80.1 Å². The molecule has 8 aliphatic rings. The number of ether oxygens (including phenoxy) is 8.